The van der Waals surface area contributed by atoms with E-state index in [0.717, 1.165) is 10.7 Å². The van der Waals surface area contributed by atoms with Gasteiger partial charge in [0.25, 0.3) is 0 Å². The second-order valence-electron chi connectivity index (χ2n) is 6.51. The fraction of sp³-hybridized carbons (Fsp3) is 0.786. The summed E-state index contributed by atoms with van der Waals surface area (Å²) < 4.78 is 3.27. The molecule has 0 amide bonds. The van der Waals surface area contributed by atoms with Gasteiger partial charge in [-0.1, -0.05) is 27.7 Å². The highest BCUT2D eigenvalue weighted by molar-refractivity contribution is 7.71. The Morgan fingerprint density at radius 1 is 1.24 bits per heavy atom. The standard InChI is InChI=1S/C14H24N2S/c1-10-5-7-11(8-6-10)16-12(14(2,3)4)9-15-13(16)17/h9-11H,5-8H2,1-4H3,(H,15,17). The number of nitrogens with one attached hydrogen (secondary N) is 1. The van der Waals surface area contributed by atoms with Crippen LogP contribution in [0.2, 0.25) is 0 Å². The van der Waals surface area contributed by atoms with E-state index < -0.39 is 0 Å². The van der Waals surface area contributed by atoms with E-state index >= 15 is 0 Å². The maximum atomic E-state index is 5.46. The Morgan fingerprint density at radius 2 is 1.82 bits per heavy atom. The number of aromatic nitrogens is 2. The summed E-state index contributed by atoms with van der Waals surface area (Å²) in [6.45, 7) is 9.13. The van der Waals surface area contributed by atoms with Crippen LogP contribution in [0.1, 0.15) is 65.1 Å². The largest absolute Gasteiger partial charge is 0.337 e. The third-order valence-corrected chi connectivity index (χ3v) is 4.24. The minimum atomic E-state index is 0.163. The third kappa shape index (κ3) is 2.65. The summed E-state index contributed by atoms with van der Waals surface area (Å²) in [4.78, 5) is 3.23. The zero-order valence-electron chi connectivity index (χ0n) is 11.4. The van der Waals surface area contributed by atoms with Gasteiger partial charge in [0.1, 0.15) is 0 Å². The van der Waals surface area contributed by atoms with Crippen LogP contribution in [-0.2, 0) is 5.41 Å². The Morgan fingerprint density at radius 3 is 2.35 bits per heavy atom. The van der Waals surface area contributed by atoms with Crippen molar-refractivity contribution in [3.05, 3.63) is 16.7 Å². The molecule has 0 unspecified atom stereocenters. The van der Waals surface area contributed by atoms with Gasteiger partial charge in [0.15, 0.2) is 4.77 Å². The predicted octanol–water partition coefficient (Wildman–Crippen LogP) is 4.59. The molecule has 1 aromatic rings. The first-order valence-corrected chi connectivity index (χ1v) is 7.11. The lowest BCUT2D eigenvalue weighted by Crippen LogP contribution is -2.24. The number of nitrogens with zero attached hydrogens (tertiary/aromatic N) is 1. The first-order valence-electron chi connectivity index (χ1n) is 6.70. The van der Waals surface area contributed by atoms with Crippen molar-refractivity contribution in [1.82, 2.24) is 9.55 Å². The topological polar surface area (TPSA) is 20.7 Å². The van der Waals surface area contributed by atoms with Gasteiger partial charge >= 0.3 is 0 Å². The molecule has 1 N–H and O–H groups in total. The van der Waals surface area contributed by atoms with Gasteiger partial charge in [0, 0.05) is 23.3 Å². The third-order valence-electron chi connectivity index (χ3n) is 3.93. The second-order valence-corrected chi connectivity index (χ2v) is 6.90. The van der Waals surface area contributed by atoms with Gasteiger partial charge < -0.3 is 9.55 Å². The van der Waals surface area contributed by atoms with E-state index in [1.807, 2.05) is 0 Å². The van der Waals surface area contributed by atoms with E-state index in [9.17, 15) is 0 Å². The van der Waals surface area contributed by atoms with E-state index in [2.05, 4.69) is 43.4 Å². The molecule has 96 valence electrons. The van der Waals surface area contributed by atoms with Gasteiger partial charge in [0.05, 0.1) is 0 Å². The smallest absolute Gasteiger partial charge is 0.177 e. The van der Waals surface area contributed by atoms with Gasteiger partial charge in [-0.15, -0.1) is 0 Å². The molecule has 0 radical (unpaired) electrons. The van der Waals surface area contributed by atoms with E-state index in [1.54, 1.807) is 0 Å². The Kier molecular flexibility index (Phi) is 3.48. The van der Waals surface area contributed by atoms with Crippen molar-refractivity contribution in [3.8, 4) is 0 Å². The first kappa shape index (κ1) is 12.9. The molecule has 0 aliphatic heterocycles. The normalized spacial score (nSPS) is 26.1. The lowest BCUT2D eigenvalue weighted by molar-refractivity contribution is 0.277. The van der Waals surface area contributed by atoms with E-state index in [4.69, 9.17) is 12.2 Å². The summed E-state index contributed by atoms with van der Waals surface area (Å²) in [6.07, 6.45) is 7.32. The lowest BCUT2D eigenvalue weighted by atomic mass is 9.86. The molecule has 17 heavy (non-hydrogen) atoms. The van der Waals surface area contributed by atoms with Crippen LogP contribution in [0, 0.1) is 10.7 Å². The number of H-pyrrole nitrogens is 1. The molecule has 0 bridgehead atoms. The monoisotopic (exact) mass is 252 g/mol. The predicted molar refractivity (Wildman–Crippen MR) is 75.0 cm³/mol. The fourth-order valence-corrected chi connectivity index (χ4v) is 3.13. The van der Waals surface area contributed by atoms with Gasteiger partial charge in [0.2, 0.25) is 0 Å². The van der Waals surface area contributed by atoms with Crippen molar-refractivity contribution in [2.45, 2.75) is 64.8 Å². The van der Waals surface area contributed by atoms with Gasteiger partial charge in [-0.2, -0.15) is 0 Å². The van der Waals surface area contributed by atoms with Crippen LogP contribution in [0.5, 0.6) is 0 Å². The minimum absolute atomic E-state index is 0.163. The Hall–Kier alpha value is -0.570. The van der Waals surface area contributed by atoms with Crippen LogP contribution in [0.4, 0.5) is 0 Å². The molecule has 2 rings (SSSR count). The molecule has 1 aliphatic rings. The van der Waals surface area contributed by atoms with Crippen molar-refractivity contribution in [3.63, 3.8) is 0 Å². The van der Waals surface area contributed by atoms with Crippen LogP contribution >= 0.6 is 12.2 Å². The maximum absolute atomic E-state index is 5.46. The highest BCUT2D eigenvalue weighted by Crippen LogP contribution is 2.35. The number of imidazole rings is 1. The molecule has 0 saturated heterocycles. The summed E-state index contributed by atoms with van der Waals surface area (Å²) in [5.41, 5.74) is 1.51. The highest BCUT2D eigenvalue weighted by atomic mass is 32.1. The zero-order valence-corrected chi connectivity index (χ0v) is 12.2. The van der Waals surface area contributed by atoms with E-state index in [1.165, 1.54) is 31.4 Å². The fourth-order valence-electron chi connectivity index (χ4n) is 2.82. The van der Waals surface area contributed by atoms with Crippen LogP contribution in [0.3, 0.4) is 0 Å². The number of hydrogen-bond acceptors (Lipinski definition) is 1. The van der Waals surface area contributed by atoms with Crippen molar-refractivity contribution in [1.29, 1.82) is 0 Å². The zero-order chi connectivity index (χ0) is 12.6. The molecule has 0 spiro atoms. The summed E-state index contributed by atoms with van der Waals surface area (Å²) in [7, 11) is 0. The molecule has 3 heteroatoms. The molecular formula is C14H24N2S. The van der Waals surface area contributed by atoms with Crippen molar-refractivity contribution < 1.29 is 0 Å². The Balaban J connectivity index is 2.32. The molecule has 1 heterocycles. The van der Waals surface area contributed by atoms with Crippen LogP contribution in [0.25, 0.3) is 0 Å². The summed E-state index contributed by atoms with van der Waals surface area (Å²) >= 11 is 5.46. The van der Waals surface area contributed by atoms with Crippen molar-refractivity contribution in [2.75, 3.05) is 0 Å². The van der Waals surface area contributed by atoms with Crippen LogP contribution in [-0.4, -0.2) is 9.55 Å². The SMILES string of the molecule is CC1CCC(n2c(C(C)(C)C)c[nH]c2=S)CC1. The average molecular weight is 252 g/mol. The van der Waals surface area contributed by atoms with Gasteiger partial charge in [-0.25, -0.2) is 0 Å². The van der Waals surface area contributed by atoms with E-state index in [-0.39, 0.29) is 5.41 Å². The van der Waals surface area contributed by atoms with Crippen LogP contribution in [0.15, 0.2) is 6.20 Å². The summed E-state index contributed by atoms with van der Waals surface area (Å²) in [5, 5.41) is 0. The molecule has 0 aromatic carbocycles. The molecule has 1 aliphatic carbocycles. The molecule has 1 saturated carbocycles. The Labute approximate surface area is 109 Å². The van der Waals surface area contributed by atoms with Crippen LogP contribution < -0.4 is 0 Å². The summed E-state index contributed by atoms with van der Waals surface area (Å²) in [5.74, 6) is 0.887. The molecule has 1 fully saturated rings. The minimum Gasteiger partial charge on any atom is -0.337 e. The van der Waals surface area contributed by atoms with E-state index in [0.29, 0.717) is 6.04 Å². The van der Waals surface area contributed by atoms with Crippen molar-refractivity contribution in [2.24, 2.45) is 5.92 Å². The number of rotatable bonds is 1. The number of hydrogen-bond donors (Lipinski definition) is 1. The molecule has 1 aromatic heterocycles. The second kappa shape index (κ2) is 4.60. The van der Waals surface area contributed by atoms with Gasteiger partial charge in [-0.05, 0) is 43.8 Å². The summed E-state index contributed by atoms with van der Waals surface area (Å²) in [6, 6.07) is 0.610. The maximum Gasteiger partial charge on any atom is 0.177 e. The Bertz CT molecular complexity index is 428. The number of aromatic amines is 1. The molecule has 0 atom stereocenters. The quantitative estimate of drug-likeness (QED) is 0.725. The average Bonchev–Trinajstić information content (AvgIpc) is 2.61. The molecular weight excluding hydrogens is 228 g/mol. The highest BCUT2D eigenvalue weighted by Gasteiger charge is 2.26. The first-order chi connectivity index (χ1) is 7.89. The van der Waals surface area contributed by atoms with Crippen molar-refractivity contribution >= 4 is 12.2 Å². The van der Waals surface area contributed by atoms with Gasteiger partial charge in [-0.3, -0.25) is 0 Å². The molecule has 2 nitrogen and oxygen atoms in total. The lowest BCUT2D eigenvalue weighted by Gasteiger charge is -2.31.